The molecular formula is C12H13ClN4S. The Morgan fingerprint density at radius 2 is 2.00 bits per heavy atom. The maximum absolute atomic E-state index is 6.10. The van der Waals surface area contributed by atoms with Gasteiger partial charge in [0.05, 0.1) is 0 Å². The van der Waals surface area contributed by atoms with Crippen molar-refractivity contribution in [3.8, 4) is 0 Å². The highest BCUT2D eigenvalue weighted by Gasteiger charge is 2.11. The molecule has 1 aromatic carbocycles. The lowest BCUT2D eigenvalue weighted by atomic mass is 10.2. The summed E-state index contributed by atoms with van der Waals surface area (Å²) in [5, 5.41) is 4.23. The lowest BCUT2D eigenvalue weighted by Gasteiger charge is -2.12. The molecule has 18 heavy (non-hydrogen) atoms. The van der Waals surface area contributed by atoms with E-state index in [1.54, 1.807) is 0 Å². The van der Waals surface area contributed by atoms with E-state index in [1.165, 1.54) is 11.8 Å². The molecule has 2 aromatic rings. The van der Waals surface area contributed by atoms with Crippen LogP contribution in [0, 0.1) is 0 Å². The summed E-state index contributed by atoms with van der Waals surface area (Å²) in [6.07, 6.45) is 1.90. The first-order valence-corrected chi connectivity index (χ1v) is 6.97. The number of para-hydroxylation sites is 1. The van der Waals surface area contributed by atoms with E-state index in [1.807, 2.05) is 36.6 Å². The summed E-state index contributed by atoms with van der Waals surface area (Å²) in [5.74, 6) is 0.660. The summed E-state index contributed by atoms with van der Waals surface area (Å²) in [6.45, 7) is 0.294. The highest BCUT2D eigenvalue weighted by atomic mass is 35.5. The van der Waals surface area contributed by atoms with Gasteiger partial charge in [0.2, 0.25) is 0 Å². The second kappa shape index (κ2) is 6.04. The number of nitrogens with one attached hydrogen (secondary N) is 1. The second-order valence-electron chi connectivity index (χ2n) is 3.52. The largest absolute Gasteiger partial charge is 0.340 e. The maximum atomic E-state index is 6.10. The average molecular weight is 281 g/mol. The Balaban J connectivity index is 2.39. The first-order valence-electron chi connectivity index (χ1n) is 5.37. The molecule has 0 unspecified atom stereocenters. The van der Waals surface area contributed by atoms with Crippen molar-refractivity contribution in [2.75, 3.05) is 11.6 Å². The number of rotatable bonds is 4. The predicted octanol–water partition coefficient (Wildman–Crippen LogP) is 3.05. The van der Waals surface area contributed by atoms with Crippen molar-refractivity contribution in [1.29, 1.82) is 0 Å². The highest BCUT2D eigenvalue weighted by molar-refractivity contribution is 7.98. The van der Waals surface area contributed by atoms with E-state index in [-0.39, 0.29) is 0 Å². The van der Waals surface area contributed by atoms with Gasteiger partial charge in [0.15, 0.2) is 5.16 Å². The zero-order chi connectivity index (χ0) is 13.0. The Labute approximate surface area is 115 Å². The van der Waals surface area contributed by atoms with Crippen LogP contribution in [0.3, 0.4) is 0 Å². The molecule has 0 fully saturated rings. The van der Waals surface area contributed by atoms with E-state index in [0.717, 1.165) is 11.3 Å². The van der Waals surface area contributed by atoms with Gasteiger partial charge in [-0.2, -0.15) is 0 Å². The van der Waals surface area contributed by atoms with Crippen molar-refractivity contribution < 1.29 is 0 Å². The van der Waals surface area contributed by atoms with Gasteiger partial charge < -0.3 is 11.1 Å². The summed E-state index contributed by atoms with van der Waals surface area (Å²) in [5.41, 5.74) is 7.34. The molecule has 0 bridgehead atoms. The number of hydrogen-bond donors (Lipinski definition) is 2. The molecule has 0 amide bonds. The topological polar surface area (TPSA) is 63.8 Å². The van der Waals surface area contributed by atoms with E-state index in [2.05, 4.69) is 15.3 Å². The number of anilines is 2. The van der Waals surface area contributed by atoms with E-state index in [0.29, 0.717) is 22.7 Å². The SMILES string of the molecule is CSc1nc(Cl)c(CN)c(Nc2ccccc2)n1. The standard InChI is InChI=1S/C12H13ClN4S/c1-18-12-16-10(13)9(7-14)11(17-12)15-8-5-3-2-4-6-8/h2-6H,7,14H2,1H3,(H,15,16,17). The third kappa shape index (κ3) is 2.93. The molecule has 94 valence electrons. The van der Waals surface area contributed by atoms with Gasteiger partial charge in [0.1, 0.15) is 11.0 Å². The minimum atomic E-state index is 0.294. The zero-order valence-corrected chi connectivity index (χ0v) is 11.4. The number of hydrogen-bond acceptors (Lipinski definition) is 5. The minimum absolute atomic E-state index is 0.294. The van der Waals surface area contributed by atoms with Gasteiger partial charge in [-0.25, -0.2) is 9.97 Å². The lowest BCUT2D eigenvalue weighted by Crippen LogP contribution is -2.07. The Bertz CT molecular complexity index is 533. The van der Waals surface area contributed by atoms with Crippen LogP contribution in [0.2, 0.25) is 5.15 Å². The van der Waals surface area contributed by atoms with E-state index < -0.39 is 0 Å². The molecule has 3 N–H and O–H groups in total. The number of halogens is 1. The molecule has 6 heteroatoms. The van der Waals surface area contributed by atoms with Crippen molar-refractivity contribution in [3.05, 3.63) is 41.0 Å². The Morgan fingerprint density at radius 3 is 2.61 bits per heavy atom. The van der Waals surface area contributed by atoms with Crippen molar-refractivity contribution in [2.24, 2.45) is 5.73 Å². The van der Waals surface area contributed by atoms with E-state index >= 15 is 0 Å². The van der Waals surface area contributed by atoms with Crippen LogP contribution in [-0.4, -0.2) is 16.2 Å². The molecule has 0 aliphatic heterocycles. The van der Waals surface area contributed by atoms with Gasteiger partial charge in [-0.05, 0) is 18.4 Å². The smallest absolute Gasteiger partial charge is 0.190 e. The third-order valence-electron chi connectivity index (χ3n) is 2.36. The predicted molar refractivity (Wildman–Crippen MR) is 76.4 cm³/mol. The van der Waals surface area contributed by atoms with Crippen LogP contribution in [0.5, 0.6) is 0 Å². The third-order valence-corrected chi connectivity index (χ3v) is 3.22. The van der Waals surface area contributed by atoms with Crippen molar-refractivity contribution in [2.45, 2.75) is 11.7 Å². The van der Waals surface area contributed by atoms with Crippen molar-refractivity contribution in [1.82, 2.24) is 9.97 Å². The molecule has 4 nitrogen and oxygen atoms in total. The van der Waals surface area contributed by atoms with Gasteiger partial charge >= 0.3 is 0 Å². The van der Waals surface area contributed by atoms with E-state index in [4.69, 9.17) is 17.3 Å². The quantitative estimate of drug-likeness (QED) is 0.512. The summed E-state index contributed by atoms with van der Waals surface area (Å²) < 4.78 is 0. The normalized spacial score (nSPS) is 10.4. The van der Waals surface area contributed by atoms with Crippen LogP contribution in [0.4, 0.5) is 11.5 Å². The first-order chi connectivity index (χ1) is 8.74. The molecule has 0 atom stereocenters. The average Bonchev–Trinajstić information content (AvgIpc) is 2.39. The first kappa shape index (κ1) is 13.1. The molecule has 0 aliphatic carbocycles. The summed E-state index contributed by atoms with van der Waals surface area (Å²) in [4.78, 5) is 8.56. The summed E-state index contributed by atoms with van der Waals surface area (Å²) in [6, 6.07) is 9.75. The number of nitrogens with two attached hydrogens (primary N) is 1. The summed E-state index contributed by atoms with van der Waals surface area (Å²) in [7, 11) is 0. The van der Waals surface area contributed by atoms with Crippen LogP contribution < -0.4 is 11.1 Å². The fourth-order valence-corrected chi connectivity index (χ4v) is 2.13. The maximum Gasteiger partial charge on any atom is 0.190 e. The minimum Gasteiger partial charge on any atom is -0.340 e. The summed E-state index contributed by atoms with van der Waals surface area (Å²) >= 11 is 7.53. The van der Waals surface area contributed by atoms with Crippen molar-refractivity contribution >= 4 is 34.9 Å². The number of nitrogens with zero attached hydrogens (tertiary/aromatic N) is 2. The van der Waals surface area contributed by atoms with Crippen molar-refractivity contribution in [3.63, 3.8) is 0 Å². The van der Waals surface area contributed by atoms with Crippen LogP contribution in [0.1, 0.15) is 5.56 Å². The van der Waals surface area contributed by atoms with Gasteiger partial charge in [-0.1, -0.05) is 41.6 Å². The van der Waals surface area contributed by atoms with Gasteiger partial charge in [-0.15, -0.1) is 0 Å². The second-order valence-corrected chi connectivity index (χ2v) is 4.65. The fourth-order valence-electron chi connectivity index (χ4n) is 1.47. The molecular weight excluding hydrogens is 268 g/mol. The Hall–Kier alpha value is -1.30. The van der Waals surface area contributed by atoms with Crippen LogP contribution in [0.15, 0.2) is 35.5 Å². The Kier molecular flexibility index (Phi) is 4.41. The zero-order valence-electron chi connectivity index (χ0n) is 9.85. The van der Waals surface area contributed by atoms with Gasteiger partial charge in [0.25, 0.3) is 0 Å². The number of aromatic nitrogens is 2. The van der Waals surface area contributed by atoms with Gasteiger partial charge in [0, 0.05) is 17.8 Å². The molecule has 1 aromatic heterocycles. The molecule has 0 aliphatic rings. The van der Waals surface area contributed by atoms with Crippen LogP contribution in [-0.2, 0) is 6.54 Å². The molecule has 0 radical (unpaired) electrons. The fraction of sp³-hybridized carbons (Fsp3) is 0.167. The molecule has 2 rings (SSSR count). The Morgan fingerprint density at radius 1 is 1.28 bits per heavy atom. The van der Waals surface area contributed by atoms with Crippen LogP contribution >= 0.6 is 23.4 Å². The molecule has 0 saturated carbocycles. The van der Waals surface area contributed by atoms with Crippen LogP contribution in [0.25, 0.3) is 0 Å². The molecule has 1 heterocycles. The molecule has 0 spiro atoms. The molecule has 0 saturated heterocycles. The van der Waals surface area contributed by atoms with E-state index in [9.17, 15) is 0 Å². The lowest BCUT2D eigenvalue weighted by molar-refractivity contribution is 0.923. The highest BCUT2D eigenvalue weighted by Crippen LogP contribution is 2.26. The number of thioether (sulfide) groups is 1. The van der Waals surface area contributed by atoms with Gasteiger partial charge in [-0.3, -0.25) is 0 Å². The number of benzene rings is 1. The monoisotopic (exact) mass is 280 g/mol.